The van der Waals surface area contributed by atoms with Crippen molar-refractivity contribution in [3.63, 3.8) is 0 Å². The lowest BCUT2D eigenvalue weighted by atomic mass is 10.1. The summed E-state index contributed by atoms with van der Waals surface area (Å²) in [6, 6.07) is 6.72. The fraction of sp³-hybridized carbons (Fsp3) is 0.462. The summed E-state index contributed by atoms with van der Waals surface area (Å²) in [6.07, 6.45) is 3.74. The van der Waals surface area contributed by atoms with Crippen LogP contribution in [0.25, 0.3) is 0 Å². The van der Waals surface area contributed by atoms with Crippen LogP contribution in [0.1, 0.15) is 31.7 Å². The number of nitrogens with one attached hydrogen (secondary N) is 1. The molecule has 1 aromatic rings. The monoisotopic (exact) mass is 295 g/mol. The third kappa shape index (κ3) is 2.46. The van der Waals surface area contributed by atoms with E-state index >= 15 is 0 Å². The molecular formula is C13H18BrN3. The van der Waals surface area contributed by atoms with Crippen molar-refractivity contribution >= 4 is 27.5 Å². The zero-order chi connectivity index (χ0) is 12.4. The molecule has 0 spiro atoms. The topological polar surface area (TPSA) is 53.1 Å². The molecule has 17 heavy (non-hydrogen) atoms. The van der Waals surface area contributed by atoms with E-state index in [0.717, 1.165) is 16.6 Å². The van der Waals surface area contributed by atoms with Gasteiger partial charge in [-0.05, 0) is 53.4 Å². The highest BCUT2D eigenvalue weighted by molar-refractivity contribution is 9.10. The average molecular weight is 296 g/mol. The second kappa shape index (κ2) is 5.08. The van der Waals surface area contributed by atoms with Crippen LogP contribution in [-0.4, -0.2) is 18.4 Å². The Hall–Kier alpha value is -1.03. The summed E-state index contributed by atoms with van der Waals surface area (Å²) in [6.45, 7) is 3.37. The van der Waals surface area contributed by atoms with E-state index in [9.17, 15) is 0 Å². The molecule has 0 radical (unpaired) electrons. The fourth-order valence-electron chi connectivity index (χ4n) is 2.50. The molecule has 1 saturated heterocycles. The number of benzene rings is 1. The Labute approximate surface area is 111 Å². The van der Waals surface area contributed by atoms with Gasteiger partial charge in [0.25, 0.3) is 0 Å². The van der Waals surface area contributed by atoms with Crippen LogP contribution >= 0.6 is 15.9 Å². The molecule has 4 heteroatoms. The van der Waals surface area contributed by atoms with Gasteiger partial charge < -0.3 is 10.6 Å². The summed E-state index contributed by atoms with van der Waals surface area (Å²) >= 11 is 3.49. The van der Waals surface area contributed by atoms with Gasteiger partial charge >= 0.3 is 0 Å². The predicted octanol–water partition coefficient (Wildman–Crippen LogP) is 3.11. The maximum absolute atomic E-state index is 7.47. The fourth-order valence-corrected chi connectivity index (χ4v) is 3.08. The van der Waals surface area contributed by atoms with Gasteiger partial charge in [-0.25, -0.2) is 0 Å². The SMILES string of the molecule is CCC1CCCN1c1ccc(C(=N)N)c(Br)c1. The van der Waals surface area contributed by atoms with Gasteiger partial charge in [-0.3, -0.25) is 5.41 Å². The minimum Gasteiger partial charge on any atom is -0.384 e. The van der Waals surface area contributed by atoms with E-state index in [0.29, 0.717) is 6.04 Å². The molecule has 1 heterocycles. The molecule has 1 atom stereocenters. The van der Waals surface area contributed by atoms with Crippen molar-refractivity contribution in [2.45, 2.75) is 32.2 Å². The Morgan fingerprint density at radius 1 is 1.59 bits per heavy atom. The van der Waals surface area contributed by atoms with Crippen LogP contribution in [0.5, 0.6) is 0 Å². The highest BCUT2D eigenvalue weighted by Gasteiger charge is 2.23. The smallest absolute Gasteiger partial charge is 0.123 e. The van der Waals surface area contributed by atoms with Crippen LogP contribution in [0.3, 0.4) is 0 Å². The van der Waals surface area contributed by atoms with Crippen LogP contribution in [-0.2, 0) is 0 Å². The molecule has 92 valence electrons. The molecule has 1 unspecified atom stereocenters. The van der Waals surface area contributed by atoms with Gasteiger partial charge in [0.1, 0.15) is 5.84 Å². The summed E-state index contributed by atoms with van der Waals surface area (Å²) < 4.78 is 0.907. The lowest BCUT2D eigenvalue weighted by Crippen LogP contribution is -2.28. The number of hydrogen-bond acceptors (Lipinski definition) is 2. The summed E-state index contributed by atoms with van der Waals surface area (Å²) in [5, 5.41) is 7.47. The lowest BCUT2D eigenvalue weighted by molar-refractivity contribution is 0.645. The first-order valence-electron chi connectivity index (χ1n) is 6.04. The molecule has 1 aliphatic heterocycles. The number of nitrogens with zero attached hydrogens (tertiary/aromatic N) is 1. The third-order valence-corrected chi connectivity index (χ3v) is 4.08. The Bertz CT molecular complexity index is 431. The van der Waals surface area contributed by atoms with Crippen molar-refractivity contribution in [1.82, 2.24) is 0 Å². The number of anilines is 1. The van der Waals surface area contributed by atoms with Crippen LogP contribution in [0.4, 0.5) is 5.69 Å². The number of amidine groups is 1. The van der Waals surface area contributed by atoms with Gasteiger partial charge in [-0.2, -0.15) is 0 Å². The van der Waals surface area contributed by atoms with E-state index in [1.807, 2.05) is 6.07 Å². The first-order valence-corrected chi connectivity index (χ1v) is 6.83. The zero-order valence-corrected chi connectivity index (χ0v) is 11.6. The van der Waals surface area contributed by atoms with E-state index in [1.165, 1.54) is 24.9 Å². The largest absolute Gasteiger partial charge is 0.384 e. The van der Waals surface area contributed by atoms with E-state index < -0.39 is 0 Å². The number of nitrogen functional groups attached to an aromatic ring is 1. The van der Waals surface area contributed by atoms with Crippen molar-refractivity contribution in [2.75, 3.05) is 11.4 Å². The standard InChI is InChI=1S/C13H18BrN3/c1-2-9-4-3-7-17(9)10-5-6-11(13(15)16)12(14)8-10/h5-6,8-9H,2-4,7H2,1H3,(H3,15,16). The minimum absolute atomic E-state index is 0.108. The van der Waals surface area contributed by atoms with Gasteiger partial charge in [0.15, 0.2) is 0 Å². The minimum atomic E-state index is 0.108. The highest BCUT2D eigenvalue weighted by Crippen LogP contribution is 2.30. The van der Waals surface area contributed by atoms with Crippen molar-refractivity contribution in [3.8, 4) is 0 Å². The Balaban J connectivity index is 2.28. The Morgan fingerprint density at radius 3 is 2.94 bits per heavy atom. The third-order valence-electron chi connectivity index (χ3n) is 3.42. The molecule has 0 bridgehead atoms. The first kappa shape index (κ1) is 12.4. The second-order valence-electron chi connectivity index (χ2n) is 4.48. The van der Waals surface area contributed by atoms with Gasteiger partial charge in [0, 0.05) is 28.3 Å². The summed E-state index contributed by atoms with van der Waals surface area (Å²) in [5.41, 5.74) is 7.50. The molecule has 1 aliphatic rings. The lowest BCUT2D eigenvalue weighted by Gasteiger charge is -2.26. The van der Waals surface area contributed by atoms with E-state index in [2.05, 4.69) is 39.9 Å². The molecular weight excluding hydrogens is 278 g/mol. The van der Waals surface area contributed by atoms with Crippen LogP contribution in [0.15, 0.2) is 22.7 Å². The van der Waals surface area contributed by atoms with Gasteiger partial charge in [0.05, 0.1) is 0 Å². The Morgan fingerprint density at radius 2 is 2.35 bits per heavy atom. The molecule has 3 N–H and O–H groups in total. The molecule has 3 nitrogen and oxygen atoms in total. The molecule has 1 aromatic carbocycles. The van der Waals surface area contributed by atoms with Crippen molar-refractivity contribution in [1.29, 1.82) is 5.41 Å². The molecule has 2 rings (SSSR count). The maximum atomic E-state index is 7.47. The van der Waals surface area contributed by atoms with E-state index in [4.69, 9.17) is 11.1 Å². The van der Waals surface area contributed by atoms with E-state index in [-0.39, 0.29) is 5.84 Å². The van der Waals surface area contributed by atoms with Crippen molar-refractivity contribution in [3.05, 3.63) is 28.2 Å². The molecule has 0 aliphatic carbocycles. The number of nitrogens with two attached hydrogens (primary N) is 1. The molecule has 0 amide bonds. The van der Waals surface area contributed by atoms with Crippen LogP contribution < -0.4 is 10.6 Å². The second-order valence-corrected chi connectivity index (χ2v) is 5.33. The maximum Gasteiger partial charge on any atom is 0.123 e. The average Bonchev–Trinajstić information content (AvgIpc) is 2.76. The normalized spacial score (nSPS) is 19.6. The number of halogens is 1. The number of hydrogen-bond donors (Lipinski definition) is 2. The first-order chi connectivity index (χ1) is 8.13. The Kier molecular flexibility index (Phi) is 3.72. The molecule has 0 aromatic heterocycles. The van der Waals surface area contributed by atoms with Crippen molar-refractivity contribution < 1.29 is 0 Å². The molecule has 1 fully saturated rings. The van der Waals surface area contributed by atoms with Gasteiger partial charge in [-0.15, -0.1) is 0 Å². The van der Waals surface area contributed by atoms with Gasteiger partial charge in [-0.1, -0.05) is 6.92 Å². The summed E-state index contributed by atoms with van der Waals surface area (Å²) in [4.78, 5) is 2.45. The van der Waals surface area contributed by atoms with Crippen LogP contribution in [0.2, 0.25) is 0 Å². The zero-order valence-electron chi connectivity index (χ0n) is 10.0. The van der Waals surface area contributed by atoms with Crippen LogP contribution in [0, 0.1) is 5.41 Å². The highest BCUT2D eigenvalue weighted by atomic mass is 79.9. The van der Waals surface area contributed by atoms with E-state index in [1.54, 1.807) is 0 Å². The predicted molar refractivity (Wildman–Crippen MR) is 75.8 cm³/mol. The quantitative estimate of drug-likeness (QED) is 0.665. The number of rotatable bonds is 3. The summed E-state index contributed by atoms with van der Waals surface area (Å²) in [7, 11) is 0. The van der Waals surface area contributed by atoms with Gasteiger partial charge in [0.2, 0.25) is 0 Å². The summed E-state index contributed by atoms with van der Waals surface area (Å²) in [5.74, 6) is 0.108. The van der Waals surface area contributed by atoms with Crippen molar-refractivity contribution in [2.24, 2.45) is 5.73 Å². The molecule has 0 saturated carbocycles.